The SMILES string of the molecule is CC(C)(C)C[C@@H](Nc1ncnc(N2CCOCC2c2ccc(C(F)(F)F)cc2)c1F)C(N)=O. The van der Waals surface area contributed by atoms with E-state index in [1.165, 1.54) is 12.1 Å². The summed E-state index contributed by atoms with van der Waals surface area (Å²) in [7, 11) is 0. The van der Waals surface area contributed by atoms with Gasteiger partial charge >= 0.3 is 6.18 Å². The van der Waals surface area contributed by atoms with Crippen LogP contribution < -0.4 is 16.0 Å². The summed E-state index contributed by atoms with van der Waals surface area (Å²) in [6, 6.07) is 3.25. The van der Waals surface area contributed by atoms with E-state index in [4.69, 9.17) is 10.5 Å². The Hall–Kier alpha value is -2.95. The third-order valence-electron chi connectivity index (χ3n) is 5.27. The van der Waals surface area contributed by atoms with E-state index in [0.29, 0.717) is 12.0 Å². The molecule has 2 atom stereocenters. The van der Waals surface area contributed by atoms with Gasteiger partial charge in [-0.15, -0.1) is 0 Å². The minimum atomic E-state index is -4.45. The number of morpholine rings is 1. The molecule has 1 aromatic heterocycles. The summed E-state index contributed by atoms with van der Waals surface area (Å²) in [4.78, 5) is 21.5. The van der Waals surface area contributed by atoms with Crippen LogP contribution in [0.1, 0.15) is 44.4 Å². The molecule has 0 spiro atoms. The van der Waals surface area contributed by atoms with Crippen molar-refractivity contribution in [3.8, 4) is 0 Å². The molecule has 0 saturated carbocycles. The number of alkyl halides is 3. The summed E-state index contributed by atoms with van der Waals surface area (Å²) in [5.41, 5.74) is 4.99. The minimum Gasteiger partial charge on any atom is -0.377 e. The molecular formula is C22H27F4N5O2. The molecule has 2 aromatic rings. The van der Waals surface area contributed by atoms with Gasteiger partial charge in [-0.25, -0.2) is 9.97 Å². The number of nitrogens with zero attached hydrogens (tertiary/aromatic N) is 3. The Kier molecular flexibility index (Phi) is 7.11. The number of rotatable bonds is 6. The first-order valence-electron chi connectivity index (χ1n) is 10.4. The molecule has 1 aliphatic heterocycles. The molecule has 3 rings (SSSR count). The van der Waals surface area contributed by atoms with Gasteiger partial charge in [0.15, 0.2) is 11.6 Å². The standard InChI is InChI=1S/C22H27F4N5O2/c1-21(2,3)10-15(18(27)32)30-19-17(23)20(29-12-28-19)31-8-9-33-11-16(31)13-4-6-14(7-5-13)22(24,25)26/h4-7,12,15-16H,8-11H2,1-3H3,(H2,27,32)(H,28,29,30)/t15-,16?/m1/s1. The predicted molar refractivity (Wildman–Crippen MR) is 115 cm³/mol. The highest BCUT2D eigenvalue weighted by Gasteiger charge is 2.33. The number of benzene rings is 1. The lowest BCUT2D eigenvalue weighted by Crippen LogP contribution is -2.41. The molecule has 180 valence electrons. The summed E-state index contributed by atoms with van der Waals surface area (Å²) < 4.78 is 59.7. The van der Waals surface area contributed by atoms with Crippen LogP contribution >= 0.6 is 0 Å². The number of anilines is 2. The molecule has 1 aliphatic rings. The number of amides is 1. The lowest BCUT2D eigenvalue weighted by Gasteiger charge is -2.37. The average Bonchev–Trinajstić information content (AvgIpc) is 2.73. The van der Waals surface area contributed by atoms with E-state index >= 15 is 4.39 Å². The maximum Gasteiger partial charge on any atom is 0.416 e. The Morgan fingerprint density at radius 1 is 1.24 bits per heavy atom. The van der Waals surface area contributed by atoms with Crippen molar-refractivity contribution in [3.05, 3.63) is 47.5 Å². The number of hydrogen-bond acceptors (Lipinski definition) is 6. The molecule has 7 nitrogen and oxygen atoms in total. The van der Waals surface area contributed by atoms with E-state index in [-0.39, 0.29) is 36.8 Å². The van der Waals surface area contributed by atoms with Gasteiger partial charge in [-0.05, 0) is 29.5 Å². The number of primary amides is 1. The number of carbonyl (C=O) groups excluding carboxylic acids is 1. The second-order valence-electron chi connectivity index (χ2n) is 9.13. The smallest absolute Gasteiger partial charge is 0.377 e. The first-order chi connectivity index (χ1) is 15.4. The van der Waals surface area contributed by atoms with Crippen LogP contribution in [0, 0.1) is 11.2 Å². The van der Waals surface area contributed by atoms with Crippen molar-refractivity contribution in [1.82, 2.24) is 9.97 Å². The van der Waals surface area contributed by atoms with Crippen LogP contribution in [0.2, 0.25) is 0 Å². The van der Waals surface area contributed by atoms with Gasteiger partial charge in [0.2, 0.25) is 11.7 Å². The van der Waals surface area contributed by atoms with Crippen LogP contribution in [-0.2, 0) is 15.7 Å². The second kappa shape index (κ2) is 9.50. The molecule has 2 heterocycles. The molecule has 3 N–H and O–H groups in total. The van der Waals surface area contributed by atoms with Crippen molar-refractivity contribution in [3.63, 3.8) is 0 Å². The van der Waals surface area contributed by atoms with E-state index < -0.39 is 35.5 Å². The number of aromatic nitrogens is 2. The van der Waals surface area contributed by atoms with Gasteiger partial charge in [0.1, 0.15) is 12.4 Å². The maximum absolute atomic E-state index is 15.5. The molecule has 1 aromatic carbocycles. The predicted octanol–water partition coefficient (Wildman–Crippen LogP) is 3.91. The molecule has 0 aliphatic carbocycles. The lowest BCUT2D eigenvalue weighted by molar-refractivity contribution is -0.137. The Balaban J connectivity index is 1.90. The van der Waals surface area contributed by atoms with Crippen molar-refractivity contribution >= 4 is 17.5 Å². The summed E-state index contributed by atoms with van der Waals surface area (Å²) in [5, 5.41) is 2.78. The number of ether oxygens (including phenoxy) is 1. The zero-order valence-electron chi connectivity index (χ0n) is 18.6. The molecule has 0 bridgehead atoms. The minimum absolute atomic E-state index is 0.0420. The van der Waals surface area contributed by atoms with E-state index in [2.05, 4.69) is 15.3 Å². The molecule has 1 unspecified atom stereocenters. The fourth-order valence-electron chi connectivity index (χ4n) is 3.69. The normalized spacial score (nSPS) is 18.2. The largest absolute Gasteiger partial charge is 0.416 e. The quantitative estimate of drug-likeness (QED) is 0.623. The third-order valence-corrected chi connectivity index (χ3v) is 5.27. The fourth-order valence-corrected chi connectivity index (χ4v) is 3.69. The zero-order valence-corrected chi connectivity index (χ0v) is 18.6. The molecule has 0 radical (unpaired) electrons. The Labute approximate surface area is 189 Å². The number of nitrogens with two attached hydrogens (primary N) is 1. The molecule has 33 heavy (non-hydrogen) atoms. The van der Waals surface area contributed by atoms with Crippen molar-refractivity contribution in [2.45, 2.75) is 45.5 Å². The molecular weight excluding hydrogens is 442 g/mol. The van der Waals surface area contributed by atoms with E-state index in [1.807, 2.05) is 20.8 Å². The van der Waals surface area contributed by atoms with Gasteiger partial charge in [-0.2, -0.15) is 17.6 Å². The highest BCUT2D eigenvalue weighted by molar-refractivity contribution is 5.82. The topological polar surface area (TPSA) is 93.4 Å². The van der Waals surface area contributed by atoms with E-state index in [0.717, 1.165) is 18.5 Å². The summed E-state index contributed by atoms with van der Waals surface area (Å²) in [5.74, 6) is -1.64. The fraction of sp³-hybridized carbons (Fsp3) is 0.500. The van der Waals surface area contributed by atoms with Crippen LogP contribution in [0.5, 0.6) is 0 Å². The Morgan fingerprint density at radius 3 is 2.48 bits per heavy atom. The molecule has 1 saturated heterocycles. The van der Waals surface area contributed by atoms with Crippen molar-refractivity contribution in [2.75, 3.05) is 30.0 Å². The average molecular weight is 469 g/mol. The Morgan fingerprint density at radius 2 is 1.91 bits per heavy atom. The van der Waals surface area contributed by atoms with Gasteiger partial charge in [-0.1, -0.05) is 32.9 Å². The van der Waals surface area contributed by atoms with Gasteiger partial charge in [0.25, 0.3) is 0 Å². The Bertz CT molecular complexity index is 976. The van der Waals surface area contributed by atoms with Gasteiger partial charge in [-0.3, -0.25) is 4.79 Å². The van der Waals surface area contributed by atoms with Crippen molar-refractivity contribution in [1.29, 1.82) is 0 Å². The second-order valence-corrected chi connectivity index (χ2v) is 9.13. The van der Waals surface area contributed by atoms with Gasteiger partial charge in [0, 0.05) is 6.54 Å². The molecule has 1 fully saturated rings. The first kappa shape index (κ1) is 24.7. The van der Waals surface area contributed by atoms with Crippen LogP contribution in [0.15, 0.2) is 30.6 Å². The highest BCUT2D eigenvalue weighted by atomic mass is 19.4. The zero-order chi connectivity index (χ0) is 24.4. The first-order valence-corrected chi connectivity index (χ1v) is 10.4. The number of hydrogen-bond donors (Lipinski definition) is 2. The summed E-state index contributed by atoms with van der Waals surface area (Å²) >= 11 is 0. The van der Waals surface area contributed by atoms with Gasteiger partial charge in [0.05, 0.1) is 24.8 Å². The number of nitrogens with one attached hydrogen (secondary N) is 1. The van der Waals surface area contributed by atoms with Crippen molar-refractivity contribution < 1.29 is 27.1 Å². The highest BCUT2D eigenvalue weighted by Crippen LogP contribution is 2.35. The number of halogens is 4. The third kappa shape index (κ3) is 6.10. The van der Waals surface area contributed by atoms with Crippen LogP contribution in [0.25, 0.3) is 0 Å². The molecule has 1 amide bonds. The van der Waals surface area contributed by atoms with Crippen LogP contribution in [0.3, 0.4) is 0 Å². The summed E-state index contributed by atoms with van der Waals surface area (Å²) in [6.07, 6.45) is -2.94. The van der Waals surface area contributed by atoms with E-state index in [1.54, 1.807) is 4.90 Å². The summed E-state index contributed by atoms with van der Waals surface area (Å²) in [6.45, 7) is 6.47. The monoisotopic (exact) mass is 469 g/mol. The van der Waals surface area contributed by atoms with E-state index in [9.17, 15) is 18.0 Å². The van der Waals surface area contributed by atoms with Crippen LogP contribution in [-0.4, -0.2) is 41.7 Å². The number of carbonyl (C=O) groups is 1. The maximum atomic E-state index is 15.5. The van der Waals surface area contributed by atoms with Gasteiger partial charge < -0.3 is 20.7 Å². The lowest BCUT2D eigenvalue weighted by atomic mass is 9.88. The van der Waals surface area contributed by atoms with Crippen molar-refractivity contribution in [2.24, 2.45) is 11.1 Å². The van der Waals surface area contributed by atoms with Crippen LogP contribution in [0.4, 0.5) is 29.2 Å². The molecule has 11 heteroatoms.